The number of aryl methyl sites for hydroxylation is 1. The molecule has 3 rings (SSSR count). The summed E-state index contributed by atoms with van der Waals surface area (Å²) in [6.45, 7) is 1.94. The van der Waals surface area contributed by atoms with E-state index >= 15 is 0 Å². The van der Waals surface area contributed by atoms with Crippen LogP contribution in [0.25, 0.3) is 0 Å². The third-order valence-corrected chi connectivity index (χ3v) is 3.62. The number of benzene rings is 1. The fourth-order valence-corrected chi connectivity index (χ4v) is 2.72. The number of ether oxygens (including phenoxy) is 1. The van der Waals surface area contributed by atoms with E-state index in [-0.39, 0.29) is 5.91 Å². The van der Waals surface area contributed by atoms with Crippen LogP contribution in [0.15, 0.2) is 24.3 Å². The maximum absolute atomic E-state index is 11.9. The molecule has 86 valence electrons. The molecule has 0 aliphatic carbocycles. The van der Waals surface area contributed by atoms with Crippen molar-refractivity contribution in [3.63, 3.8) is 0 Å². The van der Waals surface area contributed by atoms with Gasteiger partial charge in [0.25, 0.3) is 5.91 Å². The number of hydrogen-bond acceptors (Lipinski definition) is 3. The summed E-state index contributed by atoms with van der Waals surface area (Å²) in [5.41, 5.74) is 1.21. The first-order chi connectivity index (χ1) is 8.13. The van der Waals surface area contributed by atoms with E-state index in [1.165, 1.54) is 11.3 Å². The van der Waals surface area contributed by atoms with Crippen LogP contribution in [0.4, 0.5) is 5.69 Å². The van der Waals surface area contributed by atoms with Crippen LogP contribution in [0.1, 0.15) is 15.2 Å². The lowest BCUT2D eigenvalue weighted by atomic mass is 10.2. The summed E-state index contributed by atoms with van der Waals surface area (Å²) in [5, 5.41) is 3.99. The van der Waals surface area contributed by atoms with Crippen LogP contribution in [0, 0.1) is 6.92 Å². The quantitative estimate of drug-likeness (QED) is 0.780. The summed E-state index contributed by atoms with van der Waals surface area (Å²) in [6, 6.07) is 6.97. The topological polar surface area (TPSA) is 38.3 Å². The van der Waals surface area contributed by atoms with E-state index in [1.54, 1.807) is 18.2 Å². The number of carbonyl (C=O) groups is 1. The molecule has 0 radical (unpaired) electrons. The highest BCUT2D eigenvalue weighted by atomic mass is 35.5. The molecule has 3 nitrogen and oxygen atoms in total. The molecule has 5 heteroatoms. The number of nitrogens with one attached hydrogen (secondary N) is 1. The van der Waals surface area contributed by atoms with Crippen LogP contribution in [-0.4, -0.2) is 5.91 Å². The molecule has 0 atom stereocenters. The summed E-state index contributed by atoms with van der Waals surface area (Å²) in [7, 11) is 0. The number of thiophene rings is 1. The molecule has 17 heavy (non-hydrogen) atoms. The Morgan fingerprint density at radius 3 is 3.00 bits per heavy atom. The first-order valence-corrected chi connectivity index (χ1v) is 6.22. The van der Waals surface area contributed by atoms with E-state index in [4.69, 9.17) is 16.3 Å². The van der Waals surface area contributed by atoms with Crippen molar-refractivity contribution in [3.8, 4) is 10.8 Å². The molecular weight excluding hydrogens is 258 g/mol. The molecule has 0 saturated heterocycles. The van der Waals surface area contributed by atoms with Gasteiger partial charge in [0, 0.05) is 16.0 Å². The van der Waals surface area contributed by atoms with Gasteiger partial charge in [-0.15, -0.1) is 11.3 Å². The maximum atomic E-state index is 11.9. The van der Waals surface area contributed by atoms with Gasteiger partial charge >= 0.3 is 0 Å². The number of fused-ring (bicyclic) bond motifs is 2. The predicted octanol–water partition coefficient (Wildman–Crippen LogP) is 4.07. The Morgan fingerprint density at radius 1 is 1.35 bits per heavy atom. The minimum Gasteiger partial charge on any atom is -0.444 e. The minimum absolute atomic E-state index is 0.148. The molecule has 0 unspecified atom stereocenters. The molecule has 1 aliphatic rings. The summed E-state index contributed by atoms with van der Waals surface area (Å²) < 4.78 is 5.73. The Bertz CT molecular complexity index is 621. The Hall–Kier alpha value is -1.52. The van der Waals surface area contributed by atoms with Gasteiger partial charge < -0.3 is 10.1 Å². The van der Waals surface area contributed by atoms with Gasteiger partial charge in [-0.05, 0) is 25.1 Å². The summed E-state index contributed by atoms with van der Waals surface area (Å²) in [4.78, 5) is 13.0. The van der Waals surface area contributed by atoms with E-state index in [9.17, 15) is 4.79 Å². The lowest BCUT2D eigenvalue weighted by molar-refractivity contribution is 0.102. The van der Waals surface area contributed by atoms with E-state index < -0.39 is 0 Å². The zero-order valence-electron chi connectivity index (χ0n) is 8.91. The van der Waals surface area contributed by atoms with Crippen molar-refractivity contribution in [2.75, 3.05) is 5.32 Å². The number of halogens is 1. The van der Waals surface area contributed by atoms with Gasteiger partial charge in [-0.1, -0.05) is 11.6 Å². The van der Waals surface area contributed by atoms with E-state index in [0.717, 1.165) is 4.88 Å². The number of amides is 1. The normalized spacial score (nSPS) is 13.2. The fourth-order valence-electron chi connectivity index (χ4n) is 1.70. The van der Waals surface area contributed by atoms with Crippen molar-refractivity contribution in [1.82, 2.24) is 0 Å². The van der Waals surface area contributed by atoms with Crippen molar-refractivity contribution in [2.45, 2.75) is 6.92 Å². The average molecular weight is 266 g/mol. The maximum Gasteiger partial charge on any atom is 0.260 e. The van der Waals surface area contributed by atoms with E-state index in [0.29, 0.717) is 27.1 Å². The number of carbonyl (C=O) groups excluding carboxylic acids is 1. The fraction of sp³-hybridized carbons (Fsp3) is 0.0833. The molecule has 0 fully saturated rings. The highest BCUT2D eigenvalue weighted by Gasteiger charge is 2.23. The molecule has 0 saturated carbocycles. The second kappa shape index (κ2) is 3.75. The van der Waals surface area contributed by atoms with Gasteiger partial charge in [0.1, 0.15) is 0 Å². The van der Waals surface area contributed by atoms with Gasteiger partial charge in [-0.3, -0.25) is 4.79 Å². The molecule has 1 aromatic heterocycles. The standard InChI is InChI=1S/C12H8ClNO2S/c1-6-4-8-11(15)14-9-3-2-7(13)5-10(9)16-12(8)17-6/h2-5H,1H3,(H,14,15). The van der Waals surface area contributed by atoms with E-state index in [2.05, 4.69) is 5.32 Å². The monoisotopic (exact) mass is 265 g/mol. The minimum atomic E-state index is -0.148. The molecule has 2 aromatic rings. The Kier molecular flexibility index (Phi) is 2.34. The van der Waals surface area contributed by atoms with Crippen molar-refractivity contribution in [2.24, 2.45) is 0 Å². The van der Waals surface area contributed by atoms with Crippen LogP contribution in [0.3, 0.4) is 0 Å². The largest absolute Gasteiger partial charge is 0.444 e. The second-order valence-corrected chi connectivity index (χ2v) is 5.41. The van der Waals surface area contributed by atoms with Crippen LogP contribution < -0.4 is 10.1 Å². The number of hydrogen-bond donors (Lipinski definition) is 1. The summed E-state index contributed by atoms with van der Waals surface area (Å²) in [5.74, 6) is 0.428. The van der Waals surface area contributed by atoms with E-state index in [1.807, 2.05) is 13.0 Å². The first-order valence-electron chi connectivity index (χ1n) is 5.02. The molecule has 1 amide bonds. The van der Waals surface area contributed by atoms with Crippen LogP contribution in [-0.2, 0) is 0 Å². The number of anilines is 1. The zero-order chi connectivity index (χ0) is 12.0. The van der Waals surface area contributed by atoms with Crippen molar-refractivity contribution < 1.29 is 9.53 Å². The highest BCUT2D eigenvalue weighted by molar-refractivity contribution is 7.14. The van der Waals surface area contributed by atoms with Gasteiger partial charge in [0.15, 0.2) is 10.8 Å². The lowest BCUT2D eigenvalue weighted by Crippen LogP contribution is -2.09. The van der Waals surface area contributed by atoms with Crippen LogP contribution in [0.5, 0.6) is 10.8 Å². The third-order valence-electron chi connectivity index (χ3n) is 2.46. The SMILES string of the molecule is Cc1cc2c(s1)Oc1cc(Cl)ccc1NC2=O. The third kappa shape index (κ3) is 1.79. The van der Waals surface area contributed by atoms with Gasteiger partial charge in [-0.25, -0.2) is 0 Å². The van der Waals surface area contributed by atoms with Crippen LogP contribution in [0.2, 0.25) is 5.02 Å². The Labute approximate surface area is 107 Å². The van der Waals surface area contributed by atoms with Gasteiger partial charge in [0.05, 0.1) is 11.3 Å². The highest BCUT2D eigenvalue weighted by Crippen LogP contribution is 2.41. The molecule has 1 aromatic carbocycles. The summed E-state index contributed by atoms with van der Waals surface area (Å²) >= 11 is 7.36. The lowest BCUT2D eigenvalue weighted by Gasteiger charge is -2.06. The zero-order valence-corrected chi connectivity index (χ0v) is 10.5. The Balaban J connectivity index is 2.16. The van der Waals surface area contributed by atoms with Crippen molar-refractivity contribution in [1.29, 1.82) is 0 Å². The first kappa shape index (κ1) is 10.6. The molecule has 0 spiro atoms. The van der Waals surface area contributed by atoms with Crippen molar-refractivity contribution >= 4 is 34.5 Å². The average Bonchev–Trinajstić information content (AvgIpc) is 2.58. The van der Waals surface area contributed by atoms with Crippen LogP contribution >= 0.6 is 22.9 Å². The molecule has 0 bridgehead atoms. The molecule has 1 N–H and O–H groups in total. The summed E-state index contributed by atoms with van der Waals surface area (Å²) in [6.07, 6.45) is 0. The second-order valence-electron chi connectivity index (χ2n) is 3.75. The molecule has 2 heterocycles. The Morgan fingerprint density at radius 2 is 2.18 bits per heavy atom. The molecular formula is C12H8ClNO2S. The smallest absolute Gasteiger partial charge is 0.260 e. The van der Waals surface area contributed by atoms with Crippen molar-refractivity contribution in [3.05, 3.63) is 39.7 Å². The number of rotatable bonds is 0. The molecule has 1 aliphatic heterocycles. The predicted molar refractivity (Wildman–Crippen MR) is 68.5 cm³/mol. The van der Waals surface area contributed by atoms with Gasteiger partial charge in [0.2, 0.25) is 0 Å². The van der Waals surface area contributed by atoms with Gasteiger partial charge in [-0.2, -0.15) is 0 Å².